The molecule has 5 heteroatoms. The van der Waals surface area contributed by atoms with Crippen molar-refractivity contribution in [3.8, 4) is 0 Å². The van der Waals surface area contributed by atoms with Crippen molar-refractivity contribution in [2.75, 3.05) is 6.61 Å². The van der Waals surface area contributed by atoms with Crippen molar-refractivity contribution < 1.29 is 19.1 Å². The highest BCUT2D eigenvalue weighted by Crippen LogP contribution is 2.41. The van der Waals surface area contributed by atoms with E-state index in [2.05, 4.69) is 0 Å². The second-order valence-corrected chi connectivity index (χ2v) is 6.90. The topological polar surface area (TPSA) is 55.8 Å². The van der Waals surface area contributed by atoms with E-state index in [0.717, 1.165) is 11.1 Å². The van der Waals surface area contributed by atoms with Crippen molar-refractivity contribution in [1.82, 2.24) is 4.90 Å². The van der Waals surface area contributed by atoms with Crippen LogP contribution in [-0.2, 0) is 31.4 Å². The Labute approximate surface area is 158 Å². The molecule has 0 N–H and O–H groups in total. The lowest BCUT2D eigenvalue weighted by Gasteiger charge is -2.38. The standard InChI is InChI=1S/C22H21NO4/c1-22(17-10-6-3-7-11-17)23-18(15-27-22)12-13-19(20(23)24)21(25)26-14-16-8-4-2-5-9-16/h2-11,13,18H,12,14-15H2,1H3/t18-,22-/m0/s1. The van der Waals surface area contributed by atoms with Crippen LogP contribution in [0.1, 0.15) is 24.5 Å². The molecule has 0 radical (unpaired) electrons. The lowest BCUT2D eigenvalue weighted by Crippen LogP contribution is -2.51. The van der Waals surface area contributed by atoms with E-state index in [1.165, 1.54) is 0 Å². The van der Waals surface area contributed by atoms with Crippen LogP contribution in [0.4, 0.5) is 0 Å². The van der Waals surface area contributed by atoms with Crippen LogP contribution in [0.2, 0.25) is 0 Å². The third kappa shape index (κ3) is 3.15. The van der Waals surface area contributed by atoms with Gasteiger partial charge in [-0.15, -0.1) is 0 Å². The lowest BCUT2D eigenvalue weighted by atomic mass is 9.96. The highest BCUT2D eigenvalue weighted by atomic mass is 16.5. The molecule has 0 spiro atoms. The van der Waals surface area contributed by atoms with Crippen molar-refractivity contribution in [2.24, 2.45) is 0 Å². The summed E-state index contributed by atoms with van der Waals surface area (Å²) in [6.45, 7) is 2.46. The number of ether oxygens (including phenoxy) is 2. The van der Waals surface area contributed by atoms with Crippen LogP contribution in [0.5, 0.6) is 0 Å². The van der Waals surface area contributed by atoms with Crippen molar-refractivity contribution in [3.05, 3.63) is 83.4 Å². The minimum Gasteiger partial charge on any atom is -0.457 e. The molecule has 2 atom stereocenters. The monoisotopic (exact) mass is 363 g/mol. The number of rotatable bonds is 4. The third-order valence-corrected chi connectivity index (χ3v) is 5.17. The van der Waals surface area contributed by atoms with Gasteiger partial charge in [0.05, 0.1) is 12.6 Å². The Morgan fingerprint density at radius 1 is 1.15 bits per heavy atom. The van der Waals surface area contributed by atoms with Crippen molar-refractivity contribution >= 4 is 11.9 Å². The molecule has 138 valence electrons. The number of carbonyl (C=O) groups is 2. The number of nitrogens with zero attached hydrogens (tertiary/aromatic N) is 1. The van der Waals surface area contributed by atoms with Gasteiger partial charge < -0.3 is 14.4 Å². The first kappa shape index (κ1) is 17.5. The van der Waals surface area contributed by atoms with Crippen LogP contribution in [0, 0.1) is 0 Å². The highest BCUT2D eigenvalue weighted by molar-refractivity contribution is 6.17. The minimum atomic E-state index is -0.887. The van der Waals surface area contributed by atoms with E-state index in [1.54, 1.807) is 11.0 Å². The molecule has 1 fully saturated rings. The van der Waals surface area contributed by atoms with Gasteiger partial charge in [-0.1, -0.05) is 66.7 Å². The predicted octanol–water partition coefficient (Wildman–Crippen LogP) is 3.16. The van der Waals surface area contributed by atoms with Gasteiger partial charge in [0.2, 0.25) is 0 Å². The molecular formula is C22H21NO4. The summed E-state index contributed by atoms with van der Waals surface area (Å²) in [6, 6.07) is 18.9. The Balaban J connectivity index is 1.53. The summed E-state index contributed by atoms with van der Waals surface area (Å²) in [5.74, 6) is -0.933. The maximum Gasteiger partial charge on any atom is 0.343 e. The van der Waals surface area contributed by atoms with Gasteiger partial charge in [-0.05, 0) is 18.9 Å². The lowest BCUT2D eigenvalue weighted by molar-refractivity contribution is -0.152. The van der Waals surface area contributed by atoms with Crippen molar-refractivity contribution in [2.45, 2.75) is 31.7 Å². The van der Waals surface area contributed by atoms with Gasteiger partial charge in [0.1, 0.15) is 12.2 Å². The predicted molar refractivity (Wildman–Crippen MR) is 99.3 cm³/mol. The smallest absolute Gasteiger partial charge is 0.343 e. The quantitative estimate of drug-likeness (QED) is 0.619. The number of carbonyl (C=O) groups excluding carboxylic acids is 2. The Morgan fingerprint density at radius 3 is 2.52 bits per heavy atom. The van der Waals surface area contributed by atoms with Gasteiger partial charge in [0, 0.05) is 5.56 Å². The largest absolute Gasteiger partial charge is 0.457 e. The fourth-order valence-electron chi connectivity index (χ4n) is 3.70. The van der Waals surface area contributed by atoms with Crippen LogP contribution in [-0.4, -0.2) is 29.4 Å². The molecule has 1 saturated heterocycles. The summed E-state index contributed by atoms with van der Waals surface area (Å²) < 4.78 is 11.4. The number of hydrogen-bond acceptors (Lipinski definition) is 4. The first-order valence-electron chi connectivity index (χ1n) is 9.04. The number of fused-ring (bicyclic) bond motifs is 1. The molecule has 2 aromatic carbocycles. The molecule has 0 bridgehead atoms. The second kappa shape index (κ2) is 7.00. The second-order valence-electron chi connectivity index (χ2n) is 6.90. The maximum absolute atomic E-state index is 13.1. The summed E-state index contributed by atoms with van der Waals surface area (Å²) in [7, 11) is 0. The third-order valence-electron chi connectivity index (χ3n) is 5.17. The molecule has 4 rings (SSSR count). The maximum atomic E-state index is 13.1. The molecule has 2 aliphatic heterocycles. The Bertz CT molecular complexity index is 878. The van der Waals surface area contributed by atoms with E-state index < -0.39 is 11.7 Å². The molecule has 0 aromatic heterocycles. The van der Waals surface area contributed by atoms with Crippen molar-refractivity contribution in [3.63, 3.8) is 0 Å². The fourth-order valence-corrected chi connectivity index (χ4v) is 3.70. The molecule has 27 heavy (non-hydrogen) atoms. The number of hydrogen-bond donors (Lipinski definition) is 0. The summed E-state index contributed by atoms with van der Waals surface area (Å²) in [5, 5.41) is 0. The van der Waals surface area contributed by atoms with E-state index in [9.17, 15) is 9.59 Å². The van der Waals surface area contributed by atoms with Gasteiger partial charge in [0.25, 0.3) is 5.91 Å². The average Bonchev–Trinajstić information content (AvgIpc) is 3.07. The number of esters is 1. The molecule has 0 saturated carbocycles. The van der Waals surface area contributed by atoms with E-state index >= 15 is 0 Å². The molecule has 2 heterocycles. The SMILES string of the molecule is C[C@@]1(c2ccccc2)OC[C@@H]2CC=C(C(=O)OCc3ccccc3)C(=O)N21. The first-order chi connectivity index (χ1) is 13.1. The zero-order valence-corrected chi connectivity index (χ0v) is 15.1. The summed E-state index contributed by atoms with van der Waals surface area (Å²) in [6.07, 6.45) is 2.25. The van der Waals surface area contributed by atoms with Crippen LogP contribution < -0.4 is 0 Å². The molecule has 0 unspecified atom stereocenters. The Kier molecular flexibility index (Phi) is 4.54. The van der Waals surface area contributed by atoms with Gasteiger partial charge in [0.15, 0.2) is 5.72 Å². The summed E-state index contributed by atoms with van der Waals surface area (Å²) >= 11 is 0. The molecule has 0 aliphatic carbocycles. The highest BCUT2D eigenvalue weighted by Gasteiger charge is 2.51. The van der Waals surface area contributed by atoms with Crippen LogP contribution in [0.15, 0.2) is 72.3 Å². The van der Waals surface area contributed by atoms with Crippen LogP contribution in [0.3, 0.4) is 0 Å². The zero-order chi connectivity index (χ0) is 18.9. The Morgan fingerprint density at radius 2 is 1.81 bits per heavy atom. The van der Waals surface area contributed by atoms with Crippen LogP contribution in [0.25, 0.3) is 0 Å². The molecule has 5 nitrogen and oxygen atoms in total. The summed E-state index contributed by atoms with van der Waals surface area (Å²) in [5.41, 5.74) is 0.961. The normalized spacial score (nSPS) is 24.3. The molecule has 1 amide bonds. The van der Waals surface area contributed by atoms with E-state index in [0.29, 0.717) is 13.0 Å². The Hall–Kier alpha value is -2.92. The number of benzene rings is 2. The molecule has 2 aromatic rings. The van der Waals surface area contributed by atoms with Crippen LogP contribution >= 0.6 is 0 Å². The summed E-state index contributed by atoms with van der Waals surface area (Å²) in [4.78, 5) is 27.3. The zero-order valence-electron chi connectivity index (χ0n) is 15.1. The van der Waals surface area contributed by atoms with Gasteiger partial charge in [-0.2, -0.15) is 0 Å². The van der Waals surface area contributed by atoms with Gasteiger partial charge >= 0.3 is 5.97 Å². The van der Waals surface area contributed by atoms with Gasteiger partial charge in [-0.25, -0.2) is 4.79 Å². The average molecular weight is 363 g/mol. The van der Waals surface area contributed by atoms with Crippen molar-refractivity contribution in [1.29, 1.82) is 0 Å². The fraction of sp³-hybridized carbons (Fsp3) is 0.273. The minimum absolute atomic E-state index is 0.0756. The molecule has 2 aliphatic rings. The first-order valence-corrected chi connectivity index (χ1v) is 9.04. The van der Waals surface area contributed by atoms with E-state index in [1.807, 2.05) is 67.6 Å². The molecular weight excluding hydrogens is 342 g/mol. The number of amides is 1. The van der Waals surface area contributed by atoms with E-state index in [-0.39, 0.29) is 24.1 Å². The van der Waals surface area contributed by atoms with Gasteiger partial charge in [-0.3, -0.25) is 4.79 Å². The van der Waals surface area contributed by atoms with E-state index in [4.69, 9.17) is 9.47 Å².